The van der Waals surface area contributed by atoms with Gasteiger partial charge >= 0.3 is 0 Å². The van der Waals surface area contributed by atoms with Gasteiger partial charge in [-0.05, 0) is 29.7 Å². The molecule has 2 rings (SSSR count). The van der Waals surface area contributed by atoms with Gasteiger partial charge in [-0.2, -0.15) is 0 Å². The Morgan fingerprint density at radius 3 is 2.33 bits per heavy atom. The van der Waals surface area contributed by atoms with Gasteiger partial charge in [0.05, 0.1) is 14.2 Å². The van der Waals surface area contributed by atoms with Gasteiger partial charge in [0, 0.05) is 12.5 Å². The van der Waals surface area contributed by atoms with E-state index in [9.17, 15) is 4.79 Å². The lowest BCUT2D eigenvalue weighted by Crippen LogP contribution is -2.24. The first-order valence-electron chi connectivity index (χ1n) is 6.85. The molecule has 0 aliphatic carbocycles. The van der Waals surface area contributed by atoms with E-state index in [2.05, 4.69) is 24.2 Å². The Morgan fingerprint density at radius 2 is 1.81 bits per heavy atom. The van der Waals surface area contributed by atoms with Crippen LogP contribution in [0.2, 0.25) is 0 Å². The van der Waals surface area contributed by atoms with Gasteiger partial charge in [-0.25, -0.2) is 4.99 Å². The molecule has 0 bridgehead atoms. The van der Waals surface area contributed by atoms with Crippen molar-refractivity contribution in [3.05, 3.63) is 29.5 Å². The van der Waals surface area contributed by atoms with Crippen molar-refractivity contribution in [3.63, 3.8) is 0 Å². The summed E-state index contributed by atoms with van der Waals surface area (Å²) in [4.78, 5) is 16.3. The van der Waals surface area contributed by atoms with Crippen LogP contribution in [0, 0.1) is 5.92 Å². The highest BCUT2D eigenvalue weighted by Crippen LogP contribution is 2.25. The van der Waals surface area contributed by atoms with Crippen LogP contribution in [0.4, 0.5) is 0 Å². The Labute approximate surface area is 124 Å². The second-order valence-corrected chi connectivity index (χ2v) is 5.29. The van der Waals surface area contributed by atoms with Crippen LogP contribution in [-0.4, -0.2) is 26.0 Å². The number of nitrogens with one attached hydrogen (secondary N) is 1. The normalized spacial score (nSPS) is 16.1. The molecule has 1 aromatic rings. The van der Waals surface area contributed by atoms with Crippen molar-refractivity contribution in [2.75, 3.05) is 14.2 Å². The molecule has 1 amide bonds. The van der Waals surface area contributed by atoms with Gasteiger partial charge in [0.1, 0.15) is 23.0 Å². The fourth-order valence-electron chi connectivity index (χ4n) is 2.07. The molecule has 0 saturated carbocycles. The smallest absolute Gasteiger partial charge is 0.275 e. The number of rotatable bonds is 5. The lowest BCUT2D eigenvalue weighted by Gasteiger charge is -2.05. The number of nitrogens with zero attached hydrogens (tertiary/aromatic N) is 1. The van der Waals surface area contributed by atoms with Crippen molar-refractivity contribution in [2.24, 2.45) is 10.9 Å². The summed E-state index contributed by atoms with van der Waals surface area (Å²) in [5.41, 5.74) is 1.21. The molecule has 0 saturated heterocycles. The molecule has 0 radical (unpaired) electrons. The van der Waals surface area contributed by atoms with Gasteiger partial charge in [0.2, 0.25) is 0 Å². The van der Waals surface area contributed by atoms with Gasteiger partial charge < -0.3 is 14.8 Å². The summed E-state index contributed by atoms with van der Waals surface area (Å²) in [7, 11) is 3.18. The molecule has 112 valence electrons. The maximum absolute atomic E-state index is 11.9. The fraction of sp³-hybridized carbons (Fsp3) is 0.375. The molecule has 0 unspecified atom stereocenters. The fourth-order valence-corrected chi connectivity index (χ4v) is 2.07. The Hall–Kier alpha value is -2.30. The van der Waals surface area contributed by atoms with Gasteiger partial charge in [-0.3, -0.25) is 4.79 Å². The molecule has 0 fully saturated rings. The Kier molecular flexibility index (Phi) is 4.62. The van der Waals surface area contributed by atoms with Crippen molar-refractivity contribution >= 4 is 17.8 Å². The van der Waals surface area contributed by atoms with Gasteiger partial charge in [0.15, 0.2) is 0 Å². The average molecular weight is 288 g/mol. The number of methoxy groups -OCH3 is 2. The molecule has 0 spiro atoms. The van der Waals surface area contributed by atoms with E-state index in [1.54, 1.807) is 26.4 Å². The van der Waals surface area contributed by atoms with Crippen LogP contribution >= 0.6 is 0 Å². The minimum absolute atomic E-state index is 0.174. The van der Waals surface area contributed by atoms with Crippen LogP contribution in [0.1, 0.15) is 25.8 Å². The van der Waals surface area contributed by atoms with Crippen LogP contribution in [0.15, 0.2) is 28.9 Å². The number of amides is 1. The monoisotopic (exact) mass is 288 g/mol. The number of carbonyl (C=O) groups is 1. The van der Waals surface area contributed by atoms with E-state index in [-0.39, 0.29) is 5.91 Å². The summed E-state index contributed by atoms with van der Waals surface area (Å²) >= 11 is 0. The maximum atomic E-state index is 11.9. The lowest BCUT2D eigenvalue weighted by atomic mass is 10.1. The molecule has 1 heterocycles. The predicted octanol–water partition coefficient (Wildman–Crippen LogP) is 2.62. The third-order valence-electron chi connectivity index (χ3n) is 3.02. The molecule has 1 aliphatic rings. The van der Waals surface area contributed by atoms with E-state index in [4.69, 9.17) is 9.47 Å². The van der Waals surface area contributed by atoms with Crippen LogP contribution in [0.5, 0.6) is 11.5 Å². The second kappa shape index (κ2) is 6.43. The maximum Gasteiger partial charge on any atom is 0.275 e. The zero-order valence-corrected chi connectivity index (χ0v) is 12.8. The Morgan fingerprint density at radius 1 is 1.19 bits per heavy atom. The number of amidine groups is 1. The molecule has 1 N–H and O–H groups in total. The third-order valence-corrected chi connectivity index (χ3v) is 3.02. The highest BCUT2D eigenvalue weighted by molar-refractivity contribution is 6.14. The first-order valence-corrected chi connectivity index (χ1v) is 6.85. The van der Waals surface area contributed by atoms with Gasteiger partial charge in [-0.15, -0.1) is 0 Å². The number of aliphatic imine (C=N–C) groups is 1. The van der Waals surface area contributed by atoms with E-state index in [0.717, 1.165) is 17.8 Å². The molecular formula is C16H20N2O3. The van der Waals surface area contributed by atoms with Crippen molar-refractivity contribution in [1.82, 2.24) is 5.32 Å². The third kappa shape index (κ3) is 3.84. The minimum atomic E-state index is -0.174. The first-order chi connectivity index (χ1) is 10.0. The summed E-state index contributed by atoms with van der Waals surface area (Å²) in [6.07, 6.45) is 2.48. The van der Waals surface area contributed by atoms with Crippen molar-refractivity contribution in [2.45, 2.75) is 20.3 Å². The summed E-state index contributed by atoms with van der Waals surface area (Å²) in [6.45, 7) is 4.17. The molecule has 5 nitrogen and oxygen atoms in total. The zero-order valence-electron chi connectivity index (χ0n) is 12.8. The number of hydrogen-bond acceptors (Lipinski definition) is 4. The average Bonchev–Trinajstić information content (AvgIpc) is 2.77. The SMILES string of the molecule is COc1cc(/C=C2/N=C(CC(C)C)NC2=O)cc(OC)c1. The Balaban J connectivity index is 2.30. The quantitative estimate of drug-likeness (QED) is 0.847. The van der Waals surface area contributed by atoms with Crippen molar-refractivity contribution in [1.29, 1.82) is 0 Å². The van der Waals surface area contributed by atoms with Crippen molar-refractivity contribution < 1.29 is 14.3 Å². The van der Waals surface area contributed by atoms with Gasteiger partial charge in [-0.1, -0.05) is 13.8 Å². The van der Waals surface area contributed by atoms with E-state index in [1.165, 1.54) is 0 Å². The standard InChI is InChI=1S/C16H20N2O3/c1-10(2)5-15-17-14(16(19)18-15)8-11-6-12(20-3)9-13(7-11)21-4/h6-10H,5H2,1-4H3,(H,17,18,19)/b14-8+. The van der Waals surface area contributed by atoms with E-state index >= 15 is 0 Å². The largest absolute Gasteiger partial charge is 0.497 e. The molecular weight excluding hydrogens is 268 g/mol. The van der Waals surface area contributed by atoms with Crippen LogP contribution in [0.25, 0.3) is 6.08 Å². The molecule has 0 aromatic heterocycles. The highest BCUT2D eigenvalue weighted by atomic mass is 16.5. The minimum Gasteiger partial charge on any atom is -0.497 e. The Bertz CT molecular complexity index is 581. The van der Waals surface area contributed by atoms with Crippen LogP contribution in [-0.2, 0) is 4.79 Å². The zero-order chi connectivity index (χ0) is 15.4. The van der Waals surface area contributed by atoms with E-state index in [0.29, 0.717) is 23.1 Å². The number of hydrogen-bond donors (Lipinski definition) is 1. The summed E-state index contributed by atoms with van der Waals surface area (Å²) in [5, 5.41) is 2.79. The molecule has 0 atom stereocenters. The summed E-state index contributed by atoms with van der Waals surface area (Å²) < 4.78 is 10.4. The van der Waals surface area contributed by atoms with Crippen molar-refractivity contribution in [3.8, 4) is 11.5 Å². The highest BCUT2D eigenvalue weighted by Gasteiger charge is 2.20. The van der Waals surface area contributed by atoms with E-state index in [1.807, 2.05) is 12.1 Å². The summed E-state index contributed by atoms with van der Waals surface area (Å²) in [6, 6.07) is 5.45. The predicted molar refractivity (Wildman–Crippen MR) is 82.6 cm³/mol. The molecule has 21 heavy (non-hydrogen) atoms. The number of benzene rings is 1. The molecule has 5 heteroatoms. The molecule has 1 aromatic carbocycles. The number of carbonyl (C=O) groups excluding carboxylic acids is 1. The van der Waals surface area contributed by atoms with Gasteiger partial charge in [0.25, 0.3) is 5.91 Å². The summed E-state index contributed by atoms with van der Waals surface area (Å²) in [5.74, 6) is 2.33. The first kappa shape index (κ1) is 15.1. The molecule has 1 aliphatic heterocycles. The van der Waals surface area contributed by atoms with Crippen LogP contribution in [0.3, 0.4) is 0 Å². The van der Waals surface area contributed by atoms with E-state index < -0.39 is 0 Å². The van der Waals surface area contributed by atoms with Crippen LogP contribution < -0.4 is 14.8 Å². The second-order valence-electron chi connectivity index (χ2n) is 5.29. The number of ether oxygens (including phenoxy) is 2. The lowest BCUT2D eigenvalue weighted by molar-refractivity contribution is -0.115. The topological polar surface area (TPSA) is 59.9 Å².